The van der Waals surface area contributed by atoms with Crippen LogP contribution in [-0.2, 0) is 6.42 Å². The Kier molecular flexibility index (Phi) is 4.68. The molecule has 5 heteroatoms. The number of halogens is 1. The average Bonchev–Trinajstić information content (AvgIpc) is 3.29. The molecule has 0 spiro atoms. The van der Waals surface area contributed by atoms with E-state index in [1.807, 2.05) is 47.4 Å². The van der Waals surface area contributed by atoms with E-state index < -0.39 is 0 Å². The fourth-order valence-corrected chi connectivity index (χ4v) is 3.97. The molecule has 4 nitrogen and oxygen atoms in total. The molecule has 1 fully saturated rings. The maximum absolute atomic E-state index is 13.2. The second-order valence-electron chi connectivity index (χ2n) is 6.89. The number of carbonyl (C=O) groups excluding carboxylic acids is 1. The minimum Gasteiger partial charge on any atom is -0.332 e. The number of H-pyrrole nitrogens is 1. The van der Waals surface area contributed by atoms with E-state index in [1.165, 1.54) is 0 Å². The van der Waals surface area contributed by atoms with E-state index in [4.69, 9.17) is 11.6 Å². The van der Waals surface area contributed by atoms with Gasteiger partial charge in [-0.3, -0.25) is 9.89 Å². The third-order valence-electron chi connectivity index (χ3n) is 5.15. The molecule has 1 N–H and O–H groups in total. The molecule has 1 aromatic heterocycles. The highest BCUT2D eigenvalue weighted by Crippen LogP contribution is 2.34. The molecule has 26 heavy (non-hydrogen) atoms. The summed E-state index contributed by atoms with van der Waals surface area (Å²) in [7, 11) is 0. The second kappa shape index (κ2) is 7.12. The molecule has 1 amide bonds. The zero-order valence-corrected chi connectivity index (χ0v) is 15.6. The molecular formula is C21H22ClN3O. The Morgan fingerprint density at radius 2 is 2.08 bits per heavy atom. The van der Waals surface area contributed by atoms with Crippen LogP contribution in [0.2, 0.25) is 5.02 Å². The van der Waals surface area contributed by atoms with Gasteiger partial charge in [0.05, 0.1) is 11.6 Å². The Balaban J connectivity index is 1.64. The fourth-order valence-electron chi connectivity index (χ4n) is 3.84. The van der Waals surface area contributed by atoms with Crippen LogP contribution in [0.5, 0.6) is 0 Å². The summed E-state index contributed by atoms with van der Waals surface area (Å²) in [4.78, 5) is 15.2. The van der Waals surface area contributed by atoms with Crippen molar-refractivity contribution in [2.24, 2.45) is 0 Å². The van der Waals surface area contributed by atoms with Crippen molar-refractivity contribution in [2.75, 3.05) is 6.54 Å². The lowest BCUT2D eigenvalue weighted by Crippen LogP contribution is -2.30. The quantitative estimate of drug-likeness (QED) is 0.693. The van der Waals surface area contributed by atoms with Gasteiger partial charge in [0.2, 0.25) is 0 Å². The highest BCUT2D eigenvalue weighted by atomic mass is 35.5. The summed E-state index contributed by atoms with van der Waals surface area (Å²) in [6, 6.07) is 13.8. The van der Waals surface area contributed by atoms with Crippen molar-refractivity contribution in [3.05, 3.63) is 64.3 Å². The van der Waals surface area contributed by atoms with Gasteiger partial charge in [0, 0.05) is 28.2 Å². The van der Waals surface area contributed by atoms with Crippen LogP contribution >= 0.6 is 11.6 Å². The maximum Gasteiger partial charge on any atom is 0.254 e. The number of hydrogen-bond donors (Lipinski definition) is 1. The fraction of sp³-hybridized carbons (Fsp3) is 0.333. The number of benzene rings is 2. The van der Waals surface area contributed by atoms with Crippen LogP contribution in [-0.4, -0.2) is 27.5 Å². The van der Waals surface area contributed by atoms with Crippen LogP contribution in [0.25, 0.3) is 10.9 Å². The number of amides is 1. The molecule has 0 radical (unpaired) electrons. The third-order valence-corrected chi connectivity index (χ3v) is 5.40. The SMILES string of the molecule is CCCc1[nH]nc2ccc(C(=O)N3CCC[C@H]3c3ccc(Cl)cc3)cc12. The van der Waals surface area contributed by atoms with Gasteiger partial charge in [-0.25, -0.2) is 0 Å². The summed E-state index contributed by atoms with van der Waals surface area (Å²) < 4.78 is 0. The zero-order chi connectivity index (χ0) is 18.1. The third kappa shape index (κ3) is 3.10. The van der Waals surface area contributed by atoms with Gasteiger partial charge in [-0.1, -0.05) is 37.1 Å². The smallest absolute Gasteiger partial charge is 0.254 e. The summed E-state index contributed by atoms with van der Waals surface area (Å²) in [5.74, 6) is 0.0907. The number of fused-ring (bicyclic) bond motifs is 1. The normalized spacial score (nSPS) is 17.2. The van der Waals surface area contributed by atoms with Gasteiger partial charge >= 0.3 is 0 Å². The Morgan fingerprint density at radius 1 is 1.27 bits per heavy atom. The lowest BCUT2D eigenvalue weighted by molar-refractivity contribution is 0.0736. The van der Waals surface area contributed by atoms with Crippen molar-refractivity contribution in [2.45, 2.75) is 38.6 Å². The summed E-state index contributed by atoms with van der Waals surface area (Å²) in [6.07, 6.45) is 3.99. The molecule has 0 aliphatic carbocycles. The number of nitrogens with zero attached hydrogens (tertiary/aromatic N) is 2. The Morgan fingerprint density at radius 3 is 2.85 bits per heavy atom. The largest absolute Gasteiger partial charge is 0.332 e. The Hall–Kier alpha value is -2.33. The van der Waals surface area contributed by atoms with Gasteiger partial charge in [0.25, 0.3) is 5.91 Å². The molecule has 3 aromatic rings. The van der Waals surface area contributed by atoms with E-state index in [0.29, 0.717) is 0 Å². The molecule has 1 aliphatic heterocycles. The Labute approximate surface area is 158 Å². The van der Waals surface area contributed by atoms with E-state index in [0.717, 1.165) is 65.0 Å². The summed E-state index contributed by atoms with van der Waals surface area (Å²) in [6.45, 7) is 2.93. The zero-order valence-electron chi connectivity index (χ0n) is 14.8. The number of aromatic nitrogens is 2. The molecule has 134 valence electrons. The van der Waals surface area contributed by atoms with E-state index in [-0.39, 0.29) is 11.9 Å². The van der Waals surface area contributed by atoms with Gasteiger partial charge in [-0.2, -0.15) is 5.10 Å². The van der Waals surface area contributed by atoms with Crippen molar-refractivity contribution < 1.29 is 4.79 Å². The minimum atomic E-state index is 0.0907. The van der Waals surface area contributed by atoms with Gasteiger partial charge in [-0.15, -0.1) is 0 Å². The van der Waals surface area contributed by atoms with Crippen molar-refractivity contribution in [3.63, 3.8) is 0 Å². The molecule has 4 rings (SSSR count). The first kappa shape index (κ1) is 17.1. The van der Waals surface area contributed by atoms with E-state index in [2.05, 4.69) is 17.1 Å². The summed E-state index contributed by atoms with van der Waals surface area (Å²) in [5.41, 5.74) is 3.90. The number of carbonyl (C=O) groups is 1. The number of rotatable bonds is 4. The number of aromatic amines is 1. The summed E-state index contributed by atoms with van der Waals surface area (Å²) >= 11 is 6.01. The van der Waals surface area contributed by atoms with Crippen molar-refractivity contribution in [1.29, 1.82) is 0 Å². The lowest BCUT2D eigenvalue weighted by Gasteiger charge is -2.25. The lowest BCUT2D eigenvalue weighted by atomic mass is 10.0. The van der Waals surface area contributed by atoms with Crippen molar-refractivity contribution in [3.8, 4) is 0 Å². The molecule has 1 saturated heterocycles. The second-order valence-corrected chi connectivity index (χ2v) is 7.33. The van der Waals surface area contributed by atoms with E-state index in [1.54, 1.807) is 0 Å². The molecule has 0 unspecified atom stereocenters. The molecular weight excluding hydrogens is 346 g/mol. The maximum atomic E-state index is 13.2. The van der Waals surface area contributed by atoms with Crippen molar-refractivity contribution in [1.82, 2.24) is 15.1 Å². The molecule has 1 aliphatic rings. The van der Waals surface area contributed by atoms with Crippen LogP contribution in [0, 0.1) is 0 Å². The molecule has 1 atom stereocenters. The highest BCUT2D eigenvalue weighted by Gasteiger charge is 2.30. The van der Waals surface area contributed by atoms with E-state index in [9.17, 15) is 4.79 Å². The first-order chi connectivity index (χ1) is 12.7. The highest BCUT2D eigenvalue weighted by molar-refractivity contribution is 6.30. The van der Waals surface area contributed by atoms with Crippen molar-refractivity contribution >= 4 is 28.4 Å². The van der Waals surface area contributed by atoms with Gasteiger partial charge < -0.3 is 4.90 Å². The van der Waals surface area contributed by atoms with E-state index >= 15 is 0 Å². The first-order valence-corrected chi connectivity index (χ1v) is 9.58. The van der Waals surface area contributed by atoms with Crippen LogP contribution in [0.1, 0.15) is 53.8 Å². The van der Waals surface area contributed by atoms with Crippen LogP contribution in [0.3, 0.4) is 0 Å². The summed E-state index contributed by atoms with van der Waals surface area (Å²) in [5, 5.41) is 9.22. The number of likely N-dealkylation sites (tertiary alicyclic amines) is 1. The first-order valence-electron chi connectivity index (χ1n) is 9.21. The predicted molar refractivity (Wildman–Crippen MR) is 105 cm³/mol. The molecule has 0 bridgehead atoms. The standard InChI is InChI=1S/C21H22ClN3O/c1-2-4-18-17-13-15(8-11-19(17)24-23-18)21(26)25-12-3-5-20(25)14-6-9-16(22)10-7-14/h6-11,13,20H,2-5,12H2,1H3,(H,23,24)/t20-/m0/s1. The molecule has 2 heterocycles. The molecule has 2 aromatic carbocycles. The van der Waals surface area contributed by atoms with Crippen LogP contribution < -0.4 is 0 Å². The monoisotopic (exact) mass is 367 g/mol. The van der Waals surface area contributed by atoms with Crippen LogP contribution in [0.15, 0.2) is 42.5 Å². The van der Waals surface area contributed by atoms with Crippen LogP contribution in [0.4, 0.5) is 0 Å². The average molecular weight is 368 g/mol. The number of nitrogens with one attached hydrogen (secondary N) is 1. The number of aryl methyl sites for hydroxylation is 1. The van der Waals surface area contributed by atoms with Gasteiger partial charge in [0.1, 0.15) is 0 Å². The Bertz CT molecular complexity index is 932. The predicted octanol–water partition coefficient (Wildman–Crippen LogP) is 5.15. The number of hydrogen-bond acceptors (Lipinski definition) is 2. The minimum absolute atomic E-state index is 0.0907. The van der Waals surface area contributed by atoms with Gasteiger partial charge in [0.15, 0.2) is 0 Å². The molecule has 0 saturated carbocycles. The topological polar surface area (TPSA) is 49.0 Å². The van der Waals surface area contributed by atoms with Gasteiger partial charge in [-0.05, 0) is 55.2 Å².